The molecule has 0 unspecified atom stereocenters. The molecule has 304 valence electrons. The molecule has 0 saturated heterocycles. The Morgan fingerprint density at radius 1 is 0.393 bits per heavy atom. The number of hydrogen-bond donors (Lipinski definition) is 0. The highest BCUT2D eigenvalue weighted by Crippen LogP contribution is 2.64. The van der Waals surface area contributed by atoms with E-state index in [1.54, 1.807) is 11.1 Å². The maximum Gasteiger partial charge on any atom is 0.0465 e. The van der Waals surface area contributed by atoms with Gasteiger partial charge in [0.1, 0.15) is 0 Å². The minimum Gasteiger partial charge on any atom is -0.310 e. The van der Waals surface area contributed by atoms with E-state index in [1.165, 1.54) is 142 Å². The molecular weight excluding hydrogens is 735 g/mol. The van der Waals surface area contributed by atoms with Crippen molar-refractivity contribution < 1.29 is 0 Å². The molecule has 4 aliphatic rings. The fourth-order valence-corrected chi connectivity index (χ4v) is 12.8. The highest BCUT2D eigenvalue weighted by atomic mass is 15.1. The molecule has 0 atom stereocenters. The minimum absolute atomic E-state index is 0.0838. The Kier molecular flexibility index (Phi) is 9.45. The van der Waals surface area contributed by atoms with Crippen molar-refractivity contribution in [3.05, 3.63) is 185 Å². The van der Waals surface area contributed by atoms with Gasteiger partial charge in [-0.25, -0.2) is 0 Å². The van der Waals surface area contributed by atoms with E-state index < -0.39 is 0 Å². The second-order valence-corrected chi connectivity index (χ2v) is 19.5. The maximum absolute atomic E-state index is 2.64. The average Bonchev–Trinajstić information content (AvgIpc) is 3.72. The van der Waals surface area contributed by atoms with E-state index in [0.717, 1.165) is 5.69 Å². The van der Waals surface area contributed by atoms with Crippen molar-refractivity contribution in [1.29, 1.82) is 0 Å². The third-order valence-corrected chi connectivity index (χ3v) is 15.6. The maximum atomic E-state index is 2.64. The smallest absolute Gasteiger partial charge is 0.0465 e. The van der Waals surface area contributed by atoms with E-state index in [4.69, 9.17) is 0 Å². The Morgan fingerprint density at radius 3 is 1.61 bits per heavy atom. The van der Waals surface area contributed by atoms with E-state index in [9.17, 15) is 0 Å². The largest absolute Gasteiger partial charge is 0.310 e. The molecular formula is C60H59N. The first-order valence-electron chi connectivity index (χ1n) is 23.4. The first-order chi connectivity index (χ1) is 29.8. The van der Waals surface area contributed by atoms with Crippen LogP contribution in [0.5, 0.6) is 0 Å². The summed E-state index contributed by atoms with van der Waals surface area (Å²) in [5, 5.41) is 0. The van der Waals surface area contributed by atoms with Crippen LogP contribution in [-0.4, -0.2) is 0 Å². The monoisotopic (exact) mass is 793 g/mol. The van der Waals surface area contributed by atoms with E-state index in [1.807, 2.05) is 0 Å². The molecule has 0 radical (unpaired) electrons. The molecule has 0 aliphatic heterocycles. The van der Waals surface area contributed by atoms with Crippen molar-refractivity contribution in [3.63, 3.8) is 0 Å². The lowest BCUT2D eigenvalue weighted by Gasteiger charge is -2.49. The number of hydrogen-bond acceptors (Lipinski definition) is 1. The third-order valence-electron chi connectivity index (χ3n) is 15.6. The van der Waals surface area contributed by atoms with Gasteiger partial charge in [-0.3, -0.25) is 0 Å². The van der Waals surface area contributed by atoms with Gasteiger partial charge in [0.25, 0.3) is 0 Å². The molecule has 0 bridgehead atoms. The van der Waals surface area contributed by atoms with Crippen molar-refractivity contribution in [2.45, 2.75) is 103 Å². The zero-order chi connectivity index (χ0) is 41.3. The Hall–Kier alpha value is -5.66. The minimum atomic E-state index is -0.0838. The number of fused-ring (bicyclic) bond motifs is 6. The van der Waals surface area contributed by atoms with Gasteiger partial charge in [-0.1, -0.05) is 179 Å². The standard InChI is InChI=1S/C60H59N/c1-40-24-34-52-56(37-40)60(45-18-10-6-11-19-45,46-20-12-7-13-21-46)57-38-41(2)36-53(58(52)57)44-27-31-48(32-28-44)61(47-29-25-43(26-30-47)42-16-8-5-9-17-42)49-33-35-51-50-22-14-15-23-54(50)59(3,4)55(51)39-49/h5,8-9,14-17,22-39,45-46H,6-7,10-13,18-21H2,1-4H3. The van der Waals surface area contributed by atoms with E-state index in [2.05, 4.69) is 184 Å². The molecule has 0 amide bonds. The molecule has 11 rings (SSSR count). The summed E-state index contributed by atoms with van der Waals surface area (Å²) in [4.78, 5) is 2.47. The predicted octanol–water partition coefficient (Wildman–Crippen LogP) is 16.8. The number of aryl methyl sites for hydroxylation is 2. The van der Waals surface area contributed by atoms with Gasteiger partial charge in [0.15, 0.2) is 0 Å². The summed E-state index contributed by atoms with van der Waals surface area (Å²) < 4.78 is 0. The zero-order valence-electron chi connectivity index (χ0n) is 36.6. The Bertz CT molecular complexity index is 2720. The van der Waals surface area contributed by atoms with Crippen LogP contribution in [0.2, 0.25) is 0 Å². The number of benzene rings is 7. The third kappa shape index (κ3) is 6.17. The fourth-order valence-electron chi connectivity index (χ4n) is 12.8. The lowest BCUT2D eigenvalue weighted by Crippen LogP contribution is -2.44. The van der Waals surface area contributed by atoms with Gasteiger partial charge in [-0.15, -0.1) is 0 Å². The zero-order valence-corrected chi connectivity index (χ0v) is 36.6. The number of anilines is 3. The first kappa shape index (κ1) is 38.3. The molecule has 1 nitrogen and oxygen atoms in total. The first-order valence-corrected chi connectivity index (χ1v) is 23.4. The van der Waals surface area contributed by atoms with E-state index in [-0.39, 0.29) is 10.8 Å². The quantitative estimate of drug-likeness (QED) is 0.155. The molecule has 2 fully saturated rings. The van der Waals surface area contributed by atoms with Gasteiger partial charge in [0, 0.05) is 27.9 Å². The lowest BCUT2D eigenvalue weighted by atomic mass is 9.54. The molecule has 0 heterocycles. The molecule has 2 saturated carbocycles. The average molecular weight is 794 g/mol. The van der Waals surface area contributed by atoms with Gasteiger partial charge < -0.3 is 4.90 Å². The highest BCUT2D eigenvalue weighted by Gasteiger charge is 2.54. The van der Waals surface area contributed by atoms with Crippen LogP contribution in [0.4, 0.5) is 17.1 Å². The van der Waals surface area contributed by atoms with Crippen LogP contribution < -0.4 is 4.90 Å². The highest BCUT2D eigenvalue weighted by molar-refractivity contribution is 5.94. The summed E-state index contributed by atoms with van der Waals surface area (Å²) in [6, 6.07) is 58.2. The number of nitrogens with zero attached hydrogens (tertiary/aromatic N) is 1. The molecule has 1 heteroatoms. The van der Waals surface area contributed by atoms with Crippen LogP contribution in [0.25, 0.3) is 44.5 Å². The predicted molar refractivity (Wildman–Crippen MR) is 258 cm³/mol. The van der Waals surface area contributed by atoms with Crippen LogP contribution in [0.3, 0.4) is 0 Å². The Balaban J connectivity index is 1.05. The second-order valence-electron chi connectivity index (χ2n) is 19.5. The summed E-state index contributed by atoms with van der Waals surface area (Å²) in [6.07, 6.45) is 13.7. The molecule has 0 spiro atoms. The topological polar surface area (TPSA) is 3.24 Å². The summed E-state index contributed by atoms with van der Waals surface area (Å²) >= 11 is 0. The molecule has 0 N–H and O–H groups in total. The van der Waals surface area contributed by atoms with E-state index in [0.29, 0.717) is 11.8 Å². The van der Waals surface area contributed by atoms with Crippen molar-refractivity contribution in [3.8, 4) is 44.5 Å². The normalized spacial score (nSPS) is 17.6. The molecule has 7 aromatic carbocycles. The summed E-state index contributed by atoms with van der Waals surface area (Å²) in [5.41, 5.74) is 23.3. The van der Waals surface area contributed by atoms with Gasteiger partial charge in [0.05, 0.1) is 0 Å². The van der Waals surface area contributed by atoms with Crippen LogP contribution in [0.15, 0.2) is 152 Å². The van der Waals surface area contributed by atoms with Gasteiger partial charge in [-0.05, 0) is 155 Å². The summed E-state index contributed by atoms with van der Waals surface area (Å²) in [6.45, 7) is 9.44. The van der Waals surface area contributed by atoms with Gasteiger partial charge >= 0.3 is 0 Å². The number of rotatable bonds is 7. The van der Waals surface area contributed by atoms with Gasteiger partial charge in [0.2, 0.25) is 0 Å². The summed E-state index contributed by atoms with van der Waals surface area (Å²) in [7, 11) is 0. The van der Waals surface area contributed by atoms with Crippen LogP contribution in [0.1, 0.15) is 111 Å². The molecule has 7 aromatic rings. The summed E-state index contributed by atoms with van der Waals surface area (Å²) in [5.74, 6) is 1.41. The van der Waals surface area contributed by atoms with Crippen molar-refractivity contribution in [2.24, 2.45) is 11.8 Å². The van der Waals surface area contributed by atoms with Crippen molar-refractivity contribution >= 4 is 17.1 Å². The second kappa shape index (κ2) is 15.1. The van der Waals surface area contributed by atoms with E-state index >= 15 is 0 Å². The van der Waals surface area contributed by atoms with Crippen molar-refractivity contribution in [1.82, 2.24) is 0 Å². The van der Waals surface area contributed by atoms with Gasteiger partial charge in [-0.2, -0.15) is 0 Å². The Morgan fingerprint density at radius 2 is 0.934 bits per heavy atom. The fraction of sp³-hybridized carbons (Fsp3) is 0.300. The van der Waals surface area contributed by atoms with Crippen LogP contribution in [0, 0.1) is 25.7 Å². The SMILES string of the molecule is Cc1ccc2c(c1)C(C1CCCCC1)(C1CCCCC1)c1cc(C)cc(-c3ccc(N(c4ccc(-c5ccccc5)cc4)c4ccc5c(c4)C(C)(C)c4ccccc4-5)cc3)c1-2. The Labute approximate surface area is 364 Å². The van der Waals surface area contributed by atoms with Crippen LogP contribution >= 0.6 is 0 Å². The molecule has 0 aromatic heterocycles. The molecule has 4 aliphatic carbocycles. The van der Waals surface area contributed by atoms with Crippen LogP contribution in [-0.2, 0) is 10.8 Å². The van der Waals surface area contributed by atoms with Crippen molar-refractivity contribution in [2.75, 3.05) is 4.90 Å². The lowest BCUT2D eigenvalue weighted by molar-refractivity contribution is 0.137. The molecule has 61 heavy (non-hydrogen) atoms.